The fourth-order valence-corrected chi connectivity index (χ4v) is 4.54. The molecule has 0 saturated carbocycles. The number of hydrogen-bond donors (Lipinski definition) is 0. The lowest BCUT2D eigenvalue weighted by atomic mass is 9.92. The maximum Gasteiger partial charge on any atom is 0.258 e. The van der Waals surface area contributed by atoms with Gasteiger partial charge in [0.1, 0.15) is 0 Å². The van der Waals surface area contributed by atoms with Crippen molar-refractivity contribution in [2.24, 2.45) is 0 Å². The summed E-state index contributed by atoms with van der Waals surface area (Å²) in [6.07, 6.45) is 0.795. The first-order valence-corrected chi connectivity index (χ1v) is 10.5. The number of carbonyl (C=O) groups excluding carboxylic acids is 1. The number of piperazine rings is 1. The smallest absolute Gasteiger partial charge is 0.258 e. The SMILES string of the molecule is CN1CCN(C(=O)c2cc(-c3ccccc3)c(=O)n3c2-c2ccccc2CC3)CC1.Cl. The minimum Gasteiger partial charge on any atom is -0.336 e. The van der Waals surface area contributed by atoms with E-state index in [1.54, 1.807) is 0 Å². The summed E-state index contributed by atoms with van der Waals surface area (Å²) in [5.74, 6) is 0.0146. The number of hydrogen-bond acceptors (Lipinski definition) is 3. The molecule has 1 amide bonds. The molecule has 0 aliphatic carbocycles. The number of nitrogens with zero attached hydrogens (tertiary/aromatic N) is 3. The number of amides is 1. The van der Waals surface area contributed by atoms with E-state index in [0.29, 0.717) is 30.8 Å². The van der Waals surface area contributed by atoms with Gasteiger partial charge in [0.05, 0.1) is 11.3 Å². The van der Waals surface area contributed by atoms with Crippen LogP contribution in [-0.4, -0.2) is 53.5 Å². The Kier molecular flexibility index (Phi) is 5.99. The maximum absolute atomic E-state index is 13.7. The Labute approximate surface area is 188 Å². The third-order valence-electron chi connectivity index (χ3n) is 6.27. The van der Waals surface area contributed by atoms with E-state index in [1.165, 1.54) is 5.56 Å². The van der Waals surface area contributed by atoms with Crippen LogP contribution in [0, 0.1) is 0 Å². The second kappa shape index (κ2) is 8.69. The summed E-state index contributed by atoms with van der Waals surface area (Å²) in [6.45, 7) is 3.73. The molecule has 1 fully saturated rings. The molecule has 5 nitrogen and oxygen atoms in total. The third-order valence-corrected chi connectivity index (χ3v) is 6.27. The van der Waals surface area contributed by atoms with Gasteiger partial charge in [0, 0.05) is 43.9 Å². The van der Waals surface area contributed by atoms with E-state index in [1.807, 2.05) is 64.1 Å². The second-order valence-electron chi connectivity index (χ2n) is 8.15. The van der Waals surface area contributed by atoms with Crippen molar-refractivity contribution in [2.45, 2.75) is 13.0 Å². The van der Waals surface area contributed by atoms with Crippen molar-refractivity contribution in [2.75, 3.05) is 33.2 Å². The number of halogens is 1. The number of rotatable bonds is 2. The Hall–Kier alpha value is -2.89. The zero-order valence-corrected chi connectivity index (χ0v) is 18.4. The predicted molar refractivity (Wildman–Crippen MR) is 126 cm³/mol. The highest BCUT2D eigenvalue weighted by molar-refractivity contribution is 6.01. The van der Waals surface area contributed by atoms with Gasteiger partial charge < -0.3 is 14.4 Å². The average Bonchev–Trinajstić information content (AvgIpc) is 2.80. The van der Waals surface area contributed by atoms with Crippen LogP contribution in [0.4, 0.5) is 0 Å². The molecule has 160 valence electrons. The van der Waals surface area contributed by atoms with Crippen LogP contribution in [0.3, 0.4) is 0 Å². The lowest BCUT2D eigenvalue weighted by Gasteiger charge is -2.34. The van der Waals surface area contributed by atoms with Crippen LogP contribution in [0.15, 0.2) is 65.5 Å². The Morgan fingerprint density at radius 3 is 2.26 bits per heavy atom. The molecule has 0 atom stereocenters. The van der Waals surface area contributed by atoms with Crippen LogP contribution in [0.1, 0.15) is 15.9 Å². The minimum atomic E-state index is -0.0272. The quantitative estimate of drug-likeness (QED) is 0.618. The van der Waals surface area contributed by atoms with Crippen molar-refractivity contribution in [1.82, 2.24) is 14.4 Å². The van der Waals surface area contributed by atoms with Gasteiger partial charge in [-0.3, -0.25) is 9.59 Å². The van der Waals surface area contributed by atoms with E-state index in [4.69, 9.17) is 0 Å². The van der Waals surface area contributed by atoms with Crippen molar-refractivity contribution in [1.29, 1.82) is 0 Å². The number of aryl methyl sites for hydroxylation is 1. The van der Waals surface area contributed by atoms with E-state index in [0.717, 1.165) is 36.3 Å². The fourth-order valence-electron chi connectivity index (χ4n) is 4.54. The van der Waals surface area contributed by atoms with Crippen molar-refractivity contribution < 1.29 is 4.79 Å². The normalized spacial score (nSPS) is 15.6. The molecule has 1 saturated heterocycles. The van der Waals surface area contributed by atoms with Gasteiger partial charge in [0.25, 0.3) is 11.5 Å². The Morgan fingerprint density at radius 1 is 0.839 bits per heavy atom. The summed E-state index contributed by atoms with van der Waals surface area (Å²) in [4.78, 5) is 31.3. The highest BCUT2D eigenvalue weighted by Gasteiger charge is 2.29. The molecule has 0 bridgehead atoms. The molecule has 2 aromatic carbocycles. The second-order valence-corrected chi connectivity index (χ2v) is 8.15. The molecule has 0 N–H and O–H groups in total. The zero-order chi connectivity index (χ0) is 20.7. The number of pyridine rings is 1. The number of carbonyl (C=O) groups is 1. The molecule has 0 unspecified atom stereocenters. The van der Waals surface area contributed by atoms with E-state index in [9.17, 15) is 9.59 Å². The summed E-state index contributed by atoms with van der Waals surface area (Å²) < 4.78 is 1.81. The van der Waals surface area contributed by atoms with Gasteiger partial charge in [-0.25, -0.2) is 0 Å². The Morgan fingerprint density at radius 2 is 1.52 bits per heavy atom. The molecule has 6 heteroatoms. The third kappa shape index (κ3) is 3.80. The van der Waals surface area contributed by atoms with E-state index in [-0.39, 0.29) is 23.9 Å². The predicted octanol–water partition coefficient (Wildman–Crippen LogP) is 3.55. The fraction of sp³-hybridized carbons (Fsp3) is 0.280. The van der Waals surface area contributed by atoms with Crippen LogP contribution < -0.4 is 5.56 Å². The number of aromatic nitrogens is 1. The Bertz CT molecular complexity index is 1170. The minimum absolute atomic E-state index is 0. The van der Waals surface area contributed by atoms with E-state index < -0.39 is 0 Å². The molecular formula is C25H26ClN3O2. The maximum atomic E-state index is 13.7. The number of benzene rings is 2. The molecule has 3 heterocycles. The highest BCUT2D eigenvalue weighted by Crippen LogP contribution is 2.33. The van der Waals surface area contributed by atoms with Crippen LogP contribution in [0.5, 0.6) is 0 Å². The van der Waals surface area contributed by atoms with Crippen molar-refractivity contribution in [3.8, 4) is 22.4 Å². The standard InChI is InChI=1S/C25H25N3O2.ClH/c1-26-13-15-27(16-14-26)24(29)22-17-21(18-7-3-2-4-8-18)25(30)28-12-11-19-9-5-6-10-20(19)23(22)28;/h2-10,17H,11-16H2,1H3;1H. The van der Waals surface area contributed by atoms with E-state index >= 15 is 0 Å². The molecular weight excluding hydrogens is 410 g/mol. The van der Waals surface area contributed by atoms with Gasteiger partial charge in [-0.1, -0.05) is 54.6 Å². The highest BCUT2D eigenvalue weighted by atomic mass is 35.5. The molecule has 31 heavy (non-hydrogen) atoms. The molecule has 2 aliphatic rings. The first kappa shape index (κ1) is 21.3. The van der Waals surface area contributed by atoms with Crippen molar-refractivity contribution >= 4 is 18.3 Å². The number of likely N-dealkylation sites (N-methyl/N-ethyl adjacent to an activating group) is 1. The molecule has 0 spiro atoms. The monoisotopic (exact) mass is 435 g/mol. The molecule has 0 radical (unpaired) electrons. The average molecular weight is 436 g/mol. The summed E-state index contributed by atoms with van der Waals surface area (Å²) >= 11 is 0. The van der Waals surface area contributed by atoms with Gasteiger partial charge in [0.15, 0.2) is 0 Å². The van der Waals surface area contributed by atoms with Gasteiger partial charge >= 0.3 is 0 Å². The van der Waals surface area contributed by atoms with Crippen molar-refractivity contribution in [3.05, 3.63) is 82.1 Å². The first-order chi connectivity index (χ1) is 14.6. The molecule has 5 rings (SSSR count). The molecule has 1 aromatic heterocycles. The van der Waals surface area contributed by atoms with E-state index in [2.05, 4.69) is 18.0 Å². The molecule has 2 aliphatic heterocycles. The van der Waals surface area contributed by atoms with Crippen LogP contribution >= 0.6 is 12.4 Å². The van der Waals surface area contributed by atoms with Gasteiger partial charge in [-0.2, -0.15) is 0 Å². The lowest BCUT2D eigenvalue weighted by Crippen LogP contribution is -2.47. The van der Waals surface area contributed by atoms with Crippen LogP contribution in [-0.2, 0) is 13.0 Å². The van der Waals surface area contributed by atoms with Crippen LogP contribution in [0.2, 0.25) is 0 Å². The summed E-state index contributed by atoms with van der Waals surface area (Å²) in [6, 6.07) is 19.6. The van der Waals surface area contributed by atoms with Gasteiger partial charge in [-0.05, 0) is 30.7 Å². The first-order valence-electron chi connectivity index (χ1n) is 10.5. The Balaban J connectivity index is 0.00000231. The largest absolute Gasteiger partial charge is 0.336 e. The molecule has 3 aromatic rings. The summed E-state index contributed by atoms with van der Waals surface area (Å²) in [5, 5.41) is 0. The van der Waals surface area contributed by atoms with Gasteiger partial charge in [0.2, 0.25) is 0 Å². The van der Waals surface area contributed by atoms with Crippen molar-refractivity contribution in [3.63, 3.8) is 0 Å². The van der Waals surface area contributed by atoms with Gasteiger partial charge in [-0.15, -0.1) is 12.4 Å². The topological polar surface area (TPSA) is 45.6 Å². The summed E-state index contributed by atoms with van der Waals surface area (Å²) in [7, 11) is 2.08. The van der Waals surface area contributed by atoms with Crippen LogP contribution in [0.25, 0.3) is 22.4 Å². The lowest BCUT2D eigenvalue weighted by molar-refractivity contribution is 0.0664. The summed E-state index contributed by atoms with van der Waals surface area (Å²) in [5.41, 5.74) is 5.01. The zero-order valence-electron chi connectivity index (χ0n) is 17.6. The number of fused-ring (bicyclic) bond motifs is 3.